The van der Waals surface area contributed by atoms with Gasteiger partial charge in [-0.1, -0.05) is 11.6 Å². The van der Waals surface area contributed by atoms with Crippen molar-refractivity contribution in [2.24, 2.45) is 0 Å². The summed E-state index contributed by atoms with van der Waals surface area (Å²) < 4.78 is 0. The highest BCUT2D eigenvalue weighted by molar-refractivity contribution is 7.21. The molecule has 2 N–H and O–H groups in total. The lowest BCUT2D eigenvalue weighted by Crippen LogP contribution is -1.91. The number of hydrogen-bond donors (Lipinski definition) is 2. The second-order valence-corrected chi connectivity index (χ2v) is 3.56. The van der Waals surface area contributed by atoms with Crippen LogP contribution in [0.3, 0.4) is 0 Å². The molecule has 0 saturated heterocycles. The maximum atomic E-state index is 10.6. The molecular formula is C6H3ClN2O2S. The van der Waals surface area contributed by atoms with Gasteiger partial charge in [-0.25, -0.2) is 4.79 Å². The zero-order chi connectivity index (χ0) is 8.72. The van der Waals surface area contributed by atoms with Gasteiger partial charge in [-0.2, -0.15) is 5.10 Å². The molecule has 0 bridgehead atoms. The molecule has 0 aliphatic rings. The first-order valence-corrected chi connectivity index (χ1v) is 4.24. The topological polar surface area (TPSA) is 66.0 Å². The minimum atomic E-state index is -1.00. The van der Waals surface area contributed by atoms with Gasteiger partial charge < -0.3 is 5.11 Å². The Bertz CT molecular complexity index is 447. The van der Waals surface area contributed by atoms with E-state index >= 15 is 0 Å². The van der Waals surface area contributed by atoms with Gasteiger partial charge >= 0.3 is 5.97 Å². The van der Waals surface area contributed by atoms with Gasteiger partial charge in [0, 0.05) is 0 Å². The van der Waals surface area contributed by atoms with Crippen LogP contribution in [0.1, 0.15) is 9.67 Å². The predicted molar refractivity (Wildman–Crippen MR) is 45.9 cm³/mol. The highest BCUT2D eigenvalue weighted by atomic mass is 35.5. The van der Waals surface area contributed by atoms with Crippen LogP contribution in [-0.4, -0.2) is 21.3 Å². The Labute approximate surface area is 75.8 Å². The molecule has 0 spiro atoms. The molecule has 4 nitrogen and oxygen atoms in total. The highest BCUT2D eigenvalue weighted by Crippen LogP contribution is 2.33. The first-order valence-electron chi connectivity index (χ1n) is 3.05. The number of carboxylic acid groups (broad SMARTS) is 1. The molecule has 0 aliphatic heterocycles. The molecule has 0 atom stereocenters. The molecule has 0 aromatic carbocycles. The van der Waals surface area contributed by atoms with Gasteiger partial charge in [-0.05, 0) is 0 Å². The number of halogens is 1. The summed E-state index contributed by atoms with van der Waals surface area (Å²) in [7, 11) is 0. The van der Waals surface area contributed by atoms with Gasteiger partial charge in [0.1, 0.15) is 9.71 Å². The van der Waals surface area contributed by atoms with E-state index in [-0.39, 0.29) is 9.90 Å². The molecular weight excluding hydrogens is 200 g/mol. The fraction of sp³-hybridized carbons (Fsp3) is 0. The Balaban J connectivity index is 2.78. The molecule has 2 aromatic rings. The SMILES string of the molecule is O=C(O)c1sc2[nH]ncc2c1Cl. The lowest BCUT2D eigenvalue weighted by atomic mass is 10.4. The van der Waals surface area contributed by atoms with Crippen molar-refractivity contribution in [3.8, 4) is 0 Å². The lowest BCUT2D eigenvalue weighted by Gasteiger charge is -1.85. The van der Waals surface area contributed by atoms with Gasteiger partial charge in [0.05, 0.1) is 16.6 Å². The monoisotopic (exact) mass is 202 g/mol. The number of rotatable bonds is 1. The zero-order valence-corrected chi connectivity index (χ0v) is 7.24. The van der Waals surface area contributed by atoms with Crippen LogP contribution in [0.2, 0.25) is 5.02 Å². The molecule has 0 unspecified atom stereocenters. The van der Waals surface area contributed by atoms with Crippen molar-refractivity contribution in [1.29, 1.82) is 0 Å². The largest absolute Gasteiger partial charge is 0.477 e. The van der Waals surface area contributed by atoms with Crippen LogP contribution < -0.4 is 0 Å². The Morgan fingerprint density at radius 3 is 3.08 bits per heavy atom. The molecule has 0 saturated carbocycles. The third kappa shape index (κ3) is 0.904. The average molecular weight is 203 g/mol. The molecule has 0 fully saturated rings. The summed E-state index contributed by atoms with van der Waals surface area (Å²) in [6.07, 6.45) is 1.51. The molecule has 6 heteroatoms. The molecule has 0 amide bonds. The van der Waals surface area contributed by atoms with Gasteiger partial charge in [0.2, 0.25) is 0 Å². The summed E-state index contributed by atoms with van der Waals surface area (Å²) in [6, 6.07) is 0. The summed E-state index contributed by atoms with van der Waals surface area (Å²) in [5.41, 5.74) is 0. The van der Waals surface area contributed by atoms with E-state index in [4.69, 9.17) is 16.7 Å². The quantitative estimate of drug-likeness (QED) is 0.743. The lowest BCUT2D eigenvalue weighted by molar-refractivity contribution is 0.0702. The first-order chi connectivity index (χ1) is 5.70. The van der Waals surface area contributed by atoms with Crippen LogP contribution in [0.15, 0.2) is 6.20 Å². The zero-order valence-electron chi connectivity index (χ0n) is 5.67. The number of aromatic carboxylic acids is 1. The van der Waals surface area contributed by atoms with Gasteiger partial charge in [-0.15, -0.1) is 11.3 Å². The van der Waals surface area contributed by atoms with E-state index in [9.17, 15) is 4.79 Å². The number of carbonyl (C=O) groups is 1. The van der Waals surface area contributed by atoms with E-state index in [2.05, 4.69) is 10.2 Å². The Morgan fingerprint density at radius 1 is 1.75 bits per heavy atom. The van der Waals surface area contributed by atoms with Crippen molar-refractivity contribution in [2.45, 2.75) is 0 Å². The maximum Gasteiger partial charge on any atom is 0.347 e. The van der Waals surface area contributed by atoms with Gasteiger partial charge in [-0.3, -0.25) is 5.10 Å². The number of carboxylic acids is 1. The average Bonchev–Trinajstić information content (AvgIpc) is 2.53. The van der Waals surface area contributed by atoms with Crippen LogP contribution in [0.25, 0.3) is 10.2 Å². The van der Waals surface area contributed by atoms with Gasteiger partial charge in [0.25, 0.3) is 0 Å². The summed E-state index contributed by atoms with van der Waals surface area (Å²) in [6.45, 7) is 0. The van der Waals surface area contributed by atoms with Crippen molar-refractivity contribution >= 4 is 39.1 Å². The third-order valence-electron chi connectivity index (χ3n) is 1.44. The second-order valence-electron chi connectivity index (χ2n) is 2.16. The molecule has 0 radical (unpaired) electrons. The van der Waals surface area contributed by atoms with Crippen molar-refractivity contribution in [3.05, 3.63) is 16.1 Å². The Hall–Kier alpha value is -1.07. The second kappa shape index (κ2) is 2.46. The van der Waals surface area contributed by atoms with Crippen LogP contribution in [-0.2, 0) is 0 Å². The van der Waals surface area contributed by atoms with E-state index in [1.807, 2.05) is 0 Å². The molecule has 2 aromatic heterocycles. The highest BCUT2D eigenvalue weighted by Gasteiger charge is 2.16. The number of nitrogens with zero attached hydrogens (tertiary/aromatic N) is 1. The molecule has 2 heterocycles. The molecule has 62 valence electrons. The van der Waals surface area contributed by atoms with E-state index < -0.39 is 5.97 Å². The number of thiophene rings is 1. The van der Waals surface area contributed by atoms with Crippen LogP contribution in [0, 0.1) is 0 Å². The van der Waals surface area contributed by atoms with Crippen LogP contribution >= 0.6 is 22.9 Å². The number of fused-ring (bicyclic) bond motifs is 1. The normalized spacial score (nSPS) is 10.8. The van der Waals surface area contributed by atoms with Crippen molar-refractivity contribution in [1.82, 2.24) is 10.2 Å². The van der Waals surface area contributed by atoms with Crippen LogP contribution in [0.5, 0.6) is 0 Å². The Morgan fingerprint density at radius 2 is 2.50 bits per heavy atom. The van der Waals surface area contributed by atoms with Crippen molar-refractivity contribution < 1.29 is 9.90 Å². The minimum Gasteiger partial charge on any atom is -0.477 e. The number of aromatic nitrogens is 2. The molecule has 12 heavy (non-hydrogen) atoms. The summed E-state index contributed by atoms with van der Waals surface area (Å²) in [5.74, 6) is -1.00. The van der Waals surface area contributed by atoms with Gasteiger partial charge in [0.15, 0.2) is 0 Å². The third-order valence-corrected chi connectivity index (χ3v) is 3.04. The standard InChI is InChI=1S/C6H3ClN2O2S/c7-3-2-1-8-9-5(2)12-4(3)6(10)11/h1H,(H,8,9)(H,10,11). The smallest absolute Gasteiger partial charge is 0.347 e. The van der Waals surface area contributed by atoms with Crippen LogP contribution in [0.4, 0.5) is 0 Å². The van der Waals surface area contributed by atoms with E-state index in [0.29, 0.717) is 10.2 Å². The number of nitrogens with one attached hydrogen (secondary N) is 1. The van der Waals surface area contributed by atoms with E-state index in [1.54, 1.807) is 0 Å². The fourth-order valence-electron chi connectivity index (χ4n) is 0.915. The first kappa shape index (κ1) is 7.57. The predicted octanol–water partition coefficient (Wildman–Crippen LogP) is 1.98. The fourth-order valence-corrected chi connectivity index (χ4v) is 2.17. The van der Waals surface area contributed by atoms with Crippen molar-refractivity contribution in [2.75, 3.05) is 0 Å². The summed E-state index contributed by atoms with van der Waals surface area (Å²) in [5, 5.41) is 16.0. The molecule has 2 rings (SSSR count). The Kier molecular flexibility index (Phi) is 1.55. The van der Waals surface area contributed by atoms with E-state index in [1.165, 1.54) is 6.20 Å². The van der Waals surface area contributed by atoms with E-state index in [0.717, 1.165) is 11.3 Å². The number of hydrogen-bond acceptors (Lipinski definition) is 3. The summed E-state index contributed by atoms with van der Waals surface area (Å²) in [4.78, 5) is 11.4. The maximum absolute atomic E-state index is 10.6. The minimum absolute atomic E-state index is 0.153. The number of H-pyrrole nitrogens is 1. The number of aromatic amines is 1. The van der Waals surface area contributed by atoms with Crippen molar-refractivity contribution in [3.63, 3.8) is 0 Å². The molecule has 0 aliphatic carbocycles. The summed E-state index contributed by atoms with van der Waals surface area (Å²) >= 11 is 6.85.